The zero-order valence-corrected chi connectivity index (χ0v) is 17.0. The highest BCUT2D eigenvalue weighted by Crippen LogP contribution is 2.32. The minimum atomic E-state index is 0.774. The number of halogens is 2. The van der Waals surface area contributed by atoms with Gasteiger partial charge in [-0.15, -0.1) is 0 Å². The van der Waals surface area contributed by atoms with Crippen molar-refractivity contribution in [2.75, 3.05) is 37.6 Å². The maximum absolute atomic E-state index is 6.30. The summed E-state index contributed by atoms with van der Waals surface area (Å²) in [5.41, 5.74) is 4.78. The fourth-order valence-electron chi connectivity index (χ4n) is 4.24. The van der Waals surface area contributed by atoms with Gasteiger partial charge in [-0.3, -0.25) is 4.90 Å². The monoisotopic (exact) mass is 412 g/mol. The van der Waals surface area contributed by atoms with Crippen LogP contribution in [-0.2, 0) is 6.42 Å². The highest BCUT2D eigenvalue weighted by molar-refractivity contribution is 6.35. The van der Waals surface area contributed by atoms with E-state index in [1.54, 1.807) is 0 Å². The molecular formula is C22H22Cl2N4. The van der Waals surface area contributed by atoms with E-state index in [4.69, 9.17) is 23.2 Å². The van der Waals surface area contributed by atoms with Gasteiger partial charge in [-0.1, -0.05) is 29.3 Å². The molecule has 1 fully saturated rings. The lowest BCUT2D eigenvalue weighted by atomic mass is 10.1. The Bertz CT molecular complexity index is 1120. The first-order valence-corrected chi connectivity index (χ1v) is 10.4. The zero-order chi connectivity index (χ0) is 19.1. The molecule has 0 amide bonds. The number of fused-ring (bicyclic) bond motifs is 2. The SMILES string of the molecule is Clc1ccc2c(CCN3CCN(c4ccc(Cl)c5[nH]ccc45)CC3)c[nH]c2c1. The molecule has 1 aliphatic heterocycles. The predicted molar refractivity (Wildman–Crippen MR) is 119 cm³/mol. The highest BCUT2D eigenvalue weighted by Gasteiger charge is 2.19. The van der Waals surface area contributed by atoms with Crippen LogP contribution in [0.25, 0.3) is 21.8 Å². The van der Waals surface area contributed by atoms with Gasteiger partial charge < -0.3 is 14.9 Å². The third kappa shape index (κ3) is 3.26. The molecule has 0 aliphatic carbocycles. The van der Waals surface area contributed by atoms with Crippen LogP contribution < -0.4 is 4.90 Å². The van der Waals surface area contributed by atoms with Crippen LogP contribution in [0.1, 0.15) is 5.56 Å². The van der Waals surface area contributed by atoms with Gasteiger partial charge in [0.05, 0.1) is 10.5 Å². The van der Waals surface area contributed by atoms with Gasteiger partial charge in [0.2, 0.25) is 0 Å². The number of aromatic nitrogens is 2. The lowest BCUT2D eigenvalue weighted by Crippen LogP contribution is -2.47. The predicted octanol–water partition coefficient (Wildman–Crippen LogP) is 5.32. The number of H-pyrrole nitrogens is 2. The smallest absolute Gasteiger partial charge is 0.0664 e. The molecule has 3 heterocycles. The Morgan fingerprint density at radius 3 is 2.61 bits per heavy atom. The van der Waals surface area contributed by atoms with Crippen LogP contribution in [0.3, 0.4) is 0 Å². The first kappa shape index (κ1) is 17.9. The fraction of sp³-hybridized carbons (Fsp3) is 0.273. The molecule has 2 N–H and O–H groups in total. The summed E-state index contributed by atoms with van der Waals surface area (Å²) >= 11 is 12.4. The van der Waals surface area contributed by atoms with Crippen molar-refractivity contribution in [3.8, 4) is 0 Å². The van der Waals surface area contributed by atoms with Crippen molar-refractivity contribution in [1.29, 1.82) is 0 Å². The molecule has 0 unspecified atom stereocenters. The molecule has 0 bridgehead atoms. The number of nitrogens with one attached hydrogen (secondary N) is 2. The van der Waals surface area contributed by atoms with Crippen LogP contribution in [0.5, 0.6) is 0 Å². The third-order valence-electron chi connectivity index (χ3n) is 5.79. The van der Waals surface area contributed by atoms with Gasteiger partial charge in [-0.25, -0.2) is 0 Å². The molecule has 0 radical (unpaired) electrons. The van der Waals surface area contributed by atoms with Crippen molar-refractivity contribution < 1.29 is 0 Å². The molecule has 28 heavy (non-hydrogen) atoms. The van der Waals surface area contributed by atoms with E-state index in [0.717, 1.165) is 60.2 Å². The second-order valence-corrected chi connectivity index (χ2v) is 8.26. The third-order valence-corrected chi connectivity index (χ3v) is 6.34. The summed E-state index contributed by atoms with van der Waals surface area (Å²) in [5, 5.41) is 4.04. The summed E-state index contributed by atoms with van der Waals surface area (Å²) in [7, 11) is 0. The number of nitrogens with zero attached hydrogens (tertiary/aromatic N) is 2. The van der Waals surface area contributed by atoms with Crippen molar-refractivity contribution in [2.45, 2.75) is 6.42 Å². The number of hydrogen-bond donors (Lipinski definition) is 2. The molecule has 0 spiro atoms. The van der Waals surface area contributed by atoms with Crippen LogP contribution in [0.2, 0.25) is 10.0 Å². The summed E-state index contributed by atoms with van der Waals surface area (Å²) in [6.07, 6.45) is 5.13. The largest absolute Gasteiger partial charge is 0.368 e. The molecule has 2 aromatic carbocycles. The number of aromatic amines is 2. The van der Waals surface area contributed by atoms with Crippen molar-refractivity contribution in [1.82, 2.24) is 14.9 Å². The maximum atomic E-state index is 6.30. The van der Waals surface area contributed by atoms with E-state index in [1.165, 1.54) is 22.0 Å². The van der Waals surface area contributed by atoms with Gasteiger partial charge in [0, 0.05) is 72.1 Å². The number of rotatable bonds is 4. The van der Waals surface area contributed by atoms with Gasteiger partial charge in [0.25, 0.3) is 0 Å². The van der Waals surface area contributed by atoms with Gasteiger partial charge in [0.1, 0.15) is 0 Å². The molecule has 0 atom stereocenters. The molecule has 4 aromatic rings. The maximum Gasteiger partial charge on any atom is 0.0664 e. The second kappa shape index (κ2) is 7.36. The Hall–Kier alpha value is -2.14. The first-order chi connectivity index (χ1) is 13.7. The normalized spacial score (nSPS) is 15.7. The minimum absolute atomic E-state index is 0.774. The van der Waals surface area contributed by atoms with Crippen LogP contribution in [0, 0.1) is 0 Å². The summed E-state index contributed by atoms with van der Waals surface area (Å²) in [5.74, 6) is 0. The minimum Gasteiger partial charge on any atom is -0.368 e. The van der Waals surface area contributed by atoms with E-state index in [-0.39, 0.29) is 0 Å². The lowest BCUT2D eigenvalue weighted by Gasteiger charge is -2.36. The summed E-state index contributed by atoms with van der Waals surface area (Å²) in [4.78, 5) is 11.6. The van der Waals surface area contributed by atoms with Crippen molar-refractivity contribution in [3.05, 3.63) is 64.4 Å². The van der Waals surface area contributed by atoms with E-state index in [9.17, 15) is 0 Å². The number of piperazine rings is 1. The average Bonchev–Trinajstić information content (AvgIpc) is 3.35. The van der Waals surface area contributed by atoms with Crippen molar-refractivity contribution in [3.63, 3.8) is 0 Å². The molecule has 0 saturated carbocycles. The highest BCUT2D eigenvalue weighted by atomic mass is 35.5. The van der Waals surface area contributed by atoms with Crippen LogP contribution in [0.4, 0.5) is 5.69 Å². The molecule has 1 saturated heterocycles. The molecule has 6 heteroatoms. The average molecular weight is 413 g/mol. The lowest BCUT2D eigenvalue weighted by molar-refractivity contribution is 0.261. The molecule has 1 aliphatic rings. The van der Waals surface area contributed by atoms with Gasteiger partial charge >= 0.3 is 0 Å². The van der Waals surface area contributed by atoms with Crippen LogP contribution in [0.15, 0.2) is 48.8 Å². The molecule has 2 aromatic heterocycles. The fourth-order valence-corrected chi connectivity index (χ4v) is 4.63. The molecule has 4 nitrogen and oxygen atoms in total. The zero-order valence-electron chi connectivity index (χ0n) is 15.5. The van der Waals surface area contributed by atoms with Gasteiger partial charge in [-0.05, 0) is 42.3 Å². The Morgan fingerprint density at radius 1 is 0.893 bits per heavy atom. The van der Waals surface area contributed by atoms with Crippen molar-refractivity contribution in [2.24, 2.45) is 0 Å². The van der Waals surface area contributed by atoms with Gasteiger partial charge in [-0.2, -0.15) is 0 Å². The Labute approximate surface area is 174 Å². The standard InChI is InChI=1S/C22H22Cl2N4/c23-16-1-2-17-15(14-26-20(17)13-16)6-8-27-9-11-28(12-10-27)21-4-3-19(24)22-18(21)5-7-25-22/h1-5,7,13-14,25-26H,6,8-12H2. The summed E-state index contributed by atoms with van der Waals surface area (Å²) < 4.78 is 0. The Morgan fingerprint density at radius 2 is 1.75 bits per heavy atom. The Balaban J connectivity index is 1.23. The second-order valence-electron chi connectivity index (χ2n) is 7.42. The van der Waals surface area contributed by atoms with E-state index < -0.39 is 0 Å². The van der Waals surface area contributed by atoms with Crippen molar-refractivity contribution >= 4 is 50.7 Å². The molecule has 144 valence electrons. The van der Waals surface area contributed by atoms with E-state index in [1.807, 2.05) is 24.4 Å². The summed E-state index contributed by atoms with van der Waals surface area (Å²) in [6.45, 7) is 5.28. The van der Waals surface area contributed by atoms with Crippen LogP contribution >= 0.6 is 23.2 Å². The summed E-state index contributed by atoms with van der Waals surface area (Å²) in [6, 6.07) is 12.3. The topological polar surface area (TPSA) is 38.1 Å². The van der Waals surface area contributed by atoms with Crippen LogP contribution in [-0.4, -0.2) is 47.6 Å². The van der Waals surface area contributed by atoms with E-state index in [0.29, 0.717) is 0 Å². The number of hydrogen-bond acceptors (Lipinski definition) is 2. The van der Waals surface area contributed by atoms with Gasteiger partial charge in [0.15, 0.2) is 0 Å². The number of benzene rings is 2. The van der Waals surface area contributed by atoms with E-state index >= 15 is 0 Å². The quantitative estimate of drug-likeness (QED) is 0.475. The molecular weight excluding hydrogens is 391 g/mol. The first-order valence-electron chi connectivity index (χ1n) is 9.67. The number of anilines is 1. The Kier molecular flexibility index (Phi) is 4.71. The van der Waals surface area contributed by atoms with E-state index in [2.05, 4.69) is 44.2 Å². The molecule has 5 rings (SSSR count).